The predicted octanol–water partition coefficient (Wildman–Crippen LogP) is 2.68. The summed E-state index contributed by atoms with van der Waals surface area (Å²) in [6, 6.07) is 0. The summed E-state index contributed by atoms with van der Waals surface area (Å²) < 4.78 is 0. The van der Waals surface area contributed by atoms with Crippen molar-refractivity contribution >= 4 is 11.8 Å². The number of aliphatic hydroxyl groups excluding tert-OH is 1. The highest BCUT2D eigenvalue weighted by molar-refractivity contribution is 8.00. The second kappa shape index (κ2) is 5.13. The van der Waals surface area contributed by atoms with Gasteiger partial charge in [0.25, 0.3) is 0 Å². The van der Waals surface area contributed by atoms with E-state index in [-0.39, 0.29) is 6.10 Å². The molecule has 0 spiro atoms. The van der Waals surface area contributed by atoms with Crippen molar-refractivity contribution in [2.45, 2.75) is 50.9 Å². The number of hydrogen-bond acceptors (Lipinski definition) is 2. The van der Waals surface area contributed by atoms with Crippen LogP contribution >= 0.6 is 11.8 Å². The molecule has 1 aliphatic heterocycles. The molecular weight excluding hydrogens is 168 g/mol. The molecule has 1 heterocycles. The van der Waals surface area contributed by atoms with Gasteiger partial charge in [-0.3, -0.25) is 0 Å². The summed E-state index contributed by atoms with van der Waals surface area (Å²) in [5.74, 6) is 1.74. The van der Waals surface area contributed by atoms with E-state index in [0.29, 0.717) is 11.2 Å². The molecule has 1 rings (SSSR count). The normalized spacial score (nSPS) is 28.8. The van der Waals surface area contributed by atoms with Gasteiger partial charge in [-0.25, -0.2) is 0 Å². The Kier molecular flexibility index (Phi) is 4.44. The molecule has 0 radical (unpaired) electrons. The van der Waals surface area contributed by atoms with Crippen molar-refractivity contribution in [2.24, 2.45) is 5.92 Å². The first-order valence-corrected chi connectivity index (χ1v) is 6.10. The minimum Gasteiger partial charge on any atom is -0.392 e. The van der Waals surface area contributed by atoms with E-state index in [2.05, 4.69) is 13.8 Å². The molecule has 0 amide bonds. The van der Waals surface area contributed by atoms with E-state index in [4.69, 9.17) is 0 Å². The van der Waals surface area contributed by atoms with E-state index in [0.717, 1.165) is 6.42 Å². The van der Waals surface area contributed by atoms with Gasteiger partial charge in [-0.2, -0.15) is 11.8 Å². The van der Waals surface area contributed by atoms with Crippen LogP contribution in [-0.2, 0) is 0 Å². The average Bonchev–Trinajstić information content (AvgIpc) is 2.55. The first-order chi connectivity index (χ1) is 5.75. The number of rotatable bonds is 4. The molecule has 0 aromatic rings. The third kappa shape index (κ3) is 2.67. The predicted molar refractivity (Wildman–Crippen MR) is 55.6 cm³/mol. The first-order valence-electron chi connectivity index (χ1n) is 5.05. The Hall–Kier alpha value is 0.310. The van der Waals surface area contributed by atoms with Gasteiger partial charge in [-0.1, -0.05) is 20.3 Å². The molecule has 3 unspecified atom stereocenters. The molecule has 0 aromatic heterocycles. The van der Waals surface area contributed by atoms with Crippen LogP contribution in [-0.4, -0.2) is 22.2 Å². The van der Waals surface area contributed by atoms with E-state index in [1.807, 2.05) is 11.8 Å². The zero-order valence-electron chi connectivity index (χ0n) is 8.12. The molecule has 1 N–H and O–H groups in total. The van der Waals surface area contributed by atoms with Crippen molar-refractivity contribution in [1.82, 2.24) is 0 Å². The number of thioether (sulfide) groups is 1. The van der Waals surface area contributed by atoms with Crippen LogP contribution in [0, 0.1) is 5.92 Å². The molecule has 1 fully saturated rings. The molecule has 0 bridgehead atoms. The Balaban J connectivity index is 2.29. The van der Waals surface area contributed by atoms with Crippen LogP contribution in [0.15, 0.2) is 0 Å². The highest BCUT2D eigenvalue weighted by atomic mass is 32.2. The van der Waals surface area contributed by atoms with Crippen molar-refractivity contribution in [3.63, 3.8) is 0 Å². The standard InChI is InChI=1S/C10H20OS/c1-3-5-8(2)10(11)9-6-4-7-12-9/h8-11H,3-7H2,1-2H3. The summed E-state index contributed by atoms with van der Waals surface area (Å²) >= 11 is 1.95. The van der Waals surface area contributed by atoms with Crippen molar-refractivity contribution < 1.29 is 5.11 Å². The largest absolute Gasteiger partial charge is 0.392 e. The van der Waals surface area contributed by atoms with Gasteiger partial charge in [-0.05, 0) is 30.9 Å². The minimum absolute atomic E-state index is 0.0579. The Morgan fingerprint density at radius 1 is 1.58 bits per heavy atom. The molecule has 72 valence electrons. The summed E-state index contributed by atoms with van der Waals surface area (Å²) in [7, 11) is 0. The van der Waals surface area contributed by atoms with Gasteiger partial charge in [0.2, 0.25) is 0 Å². The van der Waals surface area contributed by atoms with Crippen molar-refractivity contribution in [1.29, 1.82) is 0 Å². The minimum atomic E-state index is -0.0579. The summed E-state index contributed by atoms with van der Waals surface area (Å²) in [6.07, 6.45) is 4.82. The maximum absolute atomic E-state index is 9.93. The fourth-order valence-corrected chi connectivity index (χ4v) is 3.30. The molecule has 1 saturated heterocycles. The monoisotopic (exact) mass is 188 g/mol. The summed E-state index contributed by atoms with van der Waals surface area (Å²) in [5, 5.41) is 10.5. The SMILES string of the molecule is CCCC(C)C(O)C1CCCS1. The van der Waals surface area contributed by atoms with Crippen LogP contribution in [0.4, 0.5) is 0 Å². The average molecular weight is 188 g/mol. The topological polar surface area (TPSA) is 20.2 Å². The van der Waals surface area contributed by atoms with Gasteiger partial charge in [0.1, 0.15) is 0 Å². The molecule has 2 heteroatoms. The quantitative estimate of drug-likeness (QED) is 0.732. The summed E-state index contributed by atoms with van der Waals surface area (Å²) in [5.41, 5.74) is 0. The zero-order valence-corrected chi connectivity index (χ0v) is 8.94. The molecule has 0 aliphatic carbocycles. The lowest BCUT2D eigenvalue weighted by atomic mass is 9.95. The Morgan fingerprint density at radius 3 is 2.83 bits per heavy atom. The van der Waals surface area contributed by atoms with Gasteiger partial charge in [0.15, 0.2) is 0 Å². The van der Waals surface area contributed by atoms with E-state index < -0.39 is 0 Å². The Bertz CT molecular complexity index is 121. The van der Waals surface area contributed by atoms with Gasteiger partial charge in [0, 0.05) is 5.25 Å². The molecular formula is C10H20OS. The second-order valence-corrected chi connectivity index (χ2v) is 5.16. The first kappa shape index (κ1) is 10.4. The van der Waals surface area contributed by atoms with Crippen molar-refractivity contribution in [3.05, 3.63) is 0 Å². The molecule has 3 atom stereocenters. The van der Waals surface area contributed by atoms with Crippen LogP contribution in [0.25, 0.3) is 0 Å². The lowest BCUT2D eigenvalue weighted by Crippen LogP contribution is -2.27. The van der Waals surface area contributed by atoms with E-state index in [9.17, 15) is 5.11 Å². The van der Waals surface area contributed by atoms with Crippen LogP contribution < -0.4 is 0 Å². The summed E-state index contributed by atoms with van der Waals surface area (Å²) in [4.78, 5) is 0. The number of aliphatic hydroxyl groups is 1. The molecule has 1 aliphatic rings. The van der Waals surface area contributed by atoms with Crippen molar-refractivity contribution in [3.8, 4) is 0 Å². The van der Waals surface area contributed by atoms with Crippen LogP contribution in [0.1, 0.15) is 39.5 Å². The maximum atomic E-state index is 9.93. The zero-order chi connectivity index (χ0) is 8.97. The molecule has 12 heavy (non-hydrogen) atoms. The van der Waals surface area contributed by atoms with Gasteiger partial charge in [0.05, 0.1) is 6.10 Å². The van der Waals surface area contributed by atoms with Crippen LogP contribution in [0.2, 0.25) is 0 Å². The number of hydrogen-bond donors (Lipinski definition) is 1. The Labute approximate surface area is 79.9 Å². The van der Waals surface area contributed by atoms with E-state index >= 15 is 0 Å². The Morgan fingerprint density at radius 2 is 2.33 bits per heavy atom. The molecule has 0 saturated carbocycles. The lowest BCUT2D eigenvalue weighted by Gasteiger charge is -2.23. The van der Waals surface area contributed by atoms with E-state index in [1.54, 1.807) is 0 Å². The van der Waals surface area contributed by atoms with E-state index in [1.165, 1.54) is 25.0 Å². The summed E-state index contributed by atoms with van der Waals surface area (Å²) in [6.45, 7) is 4.36. The highest BCUT2D eigenvalue weighted by Gasteiger charge is 2.27. The third-order valence-electron chi connectivity index (χ3n) is 2.67. The van der Waals surface area contributed by atoms with Crippen LogP contribution in [0.5, 0.6) is 0 Å². The fourth-order valence-electron chi connectivity index (χ4n) is 1.86. The van der Waals surface area contributed by atoms with Gasteiger partial charge in [-0.15, -0.1) is 0 Å². The maximum Gasteiger partial charge on any atom is 0.0684 e. The van der Waals surface area contributed by atoms with Gasteiger partial charge >= 0.3 is 0 Å². The second-order valence-electron chi connectivity index (χ2n) is 3.81. The van der Waals surface area contributed by atoms with Gasteiger partial charge < -0.3 is 5.11 Å². The lowest BCUT2D eigenvalue weighted by molar-refractivity contribution is 0.108. The smallest absolute Gasteiger partial charge is 0.0684 e. The third-order valence-corrected chi connectivity index (χ3v) is 4.14. The van der Waals surface area contributed by atoms with Crippen LogP contribution in [0.3, 0.4) is 0 Å². The fraction of sp³-hybridized carbons (Fsp3) is 1.00. The molecule has 1 nitrogen and oxygen atoms in total. The van der Waals surface area contributed by atoms with Crippen molar-refractivity contribution in [2.75, 3.05) is 5.75 Å². The molecule has 0 aromatic carbocycles. The highest BCUT2D eigenvalue weighted by Crippen LogP contribution is 2.32.